The van der Waals surface area contributed by atoms with Crippen molar-refractivity contribution in [1.29, 1.82) is 0 Å². The van der Waals surface area contributed by atoms with E-state index in [1.165, 1.54) is 5.56 Å². The quantitative estimate of drug-likeness (QED) is 0.851. The van der Waals surface area contributed by atoms with Crippen molar-refractivity contribution >= 4 is 16.5 Å². The normalized spacial score (nSPS) is 12.9. The number of aromatic nitrogens is 2. The van der Waals surface area contributed by atoms with Gasteiger partial charge in [-0.1, -0.05) is 55.5 Å². The molecular weight excluding hydrogens is 280 g/mol. The minimum Gasteiger partial charge on any atom is -0.356 e. The third kappa shape index (κ3) is 5.10. The van der Waals surface area contributed by atoms with Crippen molar-refractivity contribution < 1.29 is 0 Å². The van der Waals surface area contributed by atoms with E-state index in [0.717, 1.165) is 23.2 Å². The lowest BCUT2D eigenvalue weighted by Gasteiger charge is -2.27. The number of nitrogens with one attached hydrogen (secondary N) is 1. The summed E-state index contributed by atoms with van der Waals surface area (Å²) in [4.78, 5) is 2.35. The molecule has 0 amide bonds. The average Bonchev–Trinajstić information content (AvgIpc) is 2.84. The second kappa shape index (κ2) is 7.52. The number of rotatable bonds is 7. The molecule has 1 unspecified atom stereocenters. The highest BCUT2D eigenvalue weighted by atomic mass is 32.1. The Hall–Kier alpha value is -1.46. The number of aryl methyl sites for hydroxylation is 1. The Kier molecular flexibility index (Phi) is 5.70. The molecule has 1 atom stereocenters. The van der Waals surface area contributed by atoms with Crippen molar-refractivity contribution in [2.75, 3.05) is 18.9 Å². The van der Waals surface area contributed by atoms with Crippen molar-refractivity contribution in [1.82, 2.24) is 15.1 Å². The maximum atomic E-state index is 4.17. The van der Waals surface area contributed by atoms with E-state index in [1.807, 2.05) is 6.92 Å². The predicted molar refractivity (Wildman–Crippen MR) is 89.7 cm³/mol. The van der Waals surface area contributed by atoms with Crippen LogP contribution in [-0.2, 0) is 6.54 Å². The Morgan fingerprint density at radius 3 is 2.48 bits per heavy atom. The molecule has 114 valence electrons. The van der Waals surface area contributed by atoms with Gasteiger partial charge in [-0.15, -0.1) is 10.2 Å². The Labute approximate surface area is 131 Å². The second-order valence-corrected chi connectivity index (χ2v) is 6.99. The van der Waals surface area contributed by atoms with Gasteiger partial charge < -0.3 is 10.2 Å². The van der Waals surface area contributed by atoms with Crippen LogP contribution in [0.2, 0.25) is 0 Å². The summed E-state index contributed by atoms with van der Waals surface area (Å²) in [6, 6.07) is 10.9. The molecule has 1 aromatic heterocycles. The van der Waals surface area contributed by atoms with E-state index in [9.17, 15) is 0 Å². The summed E-state index contributed by atoms with van der Waals surface area (Å²) >= 11 is 1.61. The van der Waals surface area contributed by atoms with E-state index in [-0.39, 0.29) is 0 Å². The maximum Gasteiger partial charge on any atom is 0.205 e. The molecule has 0 radical (unpaired) electrons. The highest BCUT2D eigenvalue weighted by Gasteiger charge is 2.17. The lowest BCUT2D eigenvalue weighted by molar-refractivity contribution is 0.286. The van der Waals surface area contributed by atoms with Crippen LogP contribution in [0.4, 0.5) is 5.13 Å². The van der Waals surface area contributed by atoms with E-state index in [2.05, 4.69) is 71.6 Å². The summed E-state index contributed by atoms with van der Waals surface area (Å²) in [5.41, 5.74) is 1.34. The molecule has 0 aliphatic carbocycles. The molecule has 1 heterocycles. The molecule has 2 aromatic rings. The first-order valence-corrected chi connectivity index (χ1v) is 8.15. The van der Waals surface area contributed by atoms with Gasteiger partial charge in [0.2, 0.25) is 5.13 Å². The smallest absolute Gasteiger partial charge is 0.205 e. The third-order valence-electron chi connectivity index (χ3n) is 3.44. The highest BCUT2D eigenvalue weighted by Crippen LogP contribution is 2.18. The monoisotopic (exact) mass is 304 g/mol. The summed E-state index contributed by atoms with van der Waals surface area (Å²) in [7, 11) is 2.16. The van der Waals surface area contributed by atoms with Gasteiger partial charge in [-0.3, -0.25) is 0 Å². The Balaban J connectivity index is 1.93. The molecule has 0 aliphatic heterocycles. The van der Waals surface area contributed by atoms with Crippen LogP contribution in [0.1, 0.15) is 24.4 Å². The summed E-state index contributed by atoms with van der Waals surface area (Å²) in [5, 5.41) is 13.7. The fourth-order valence-corrected chi connectivity index (χ4v) is 2.89. The first kappa shape index (κ1) is 15.9. The zero-order chi connectivity index (χ0) is 15.2. The SMILES string of the molecule is Cc1nnc(NC(CN(C)Cc2ccccc2)C(C)C)s1. The first-order chi connectivity index (χ1) is 10.0. The average molecular weight is 304 g/mol. The van der Waals surface area contributed by atoms with Gasteiger partial charge in [-0.05, 0) is 25.5 Å². The molecule has 2 rings (SSSR count). The highest BCUT2D eigenvalue weighted by molar-refractivity contribution is 7.15. The molecule has 1 aromatic carbocycles. The van der Waals surface area contributed by atoms with Crippen LogP contribution in [0.25, 0.3) is 0 Å². The Bertz CT molecular complexity index is 538. The van der Waals surface area contributed by atoms with Crippen molar-refractivity contribution in [3.05, 3.63) is 40.9 Å². The number of likely N-dealkylation sites (N-methyl/N-ethyl adjacent to an activating group) is 1. The fourth-order valence-electron chi connectivity index (χ4n) is 2.23. The number of hydrogen-bond donors (Lipinski definition) is 1. The topological polar surface area (TPSA) is 41.1 Å². The molecular formula is C16H24N4S. The Morgan fingerprint density at radius 2 is 1.90 bits per heavy atom. The molecule has 0 saturated heterocycles. The fraction of sp³-hybridized carbons (Fsp3) is 0.500. The zero-order valence-electron chi connectivity index (χ0n) is 13.2. The zero-order valence-corrected chi connectivity index (χ0v) is 14.0. The van der Waals surface area contributed by atoms with Crippen molar-refractivity contribution in [2.24, 2.45) is 5.92 Å². The summed E-state index contributed by atoms with van der Waals surface area (Å²) in [6.45, 7) is 8.39. The lowest BCUT2D eigenvalue weighted by atomic mass is 10.0. The lowest BCUT2D eigenvalue weighted by Crippen LogP contribution is -2.37. The van der Waals surface area contributed by atoms with Crippen LogP contribution >= 0.6 is 11.3 Å². The predicted octanol–water partition coefficient (Wildman–Crippen LogP) is 3.42. The summed E-state index contributed by atoms with van der Waals surface area (Å²) < 4.78 is 0. The molecule has 0 fully saturated rings. The van der Waals surface area contributed by atoms with Crippen LogP contribution in [0.3, 0.4) is 0 Å². The van der Waals surface area contributed by atoms with Crippen molar-refractivity contribution in [3.8, 4) is 0 Å². The molecule has 0 saturated carbocycles. The van der Waals surface area contributed by atoms with Gasteiger partial charge in [-0.25, -0.2) is 0 Å². The maximum absolute atomic E-state index is 4.17. The standard InChI is InChI=1S/C16H24N4S/c1-12(2)15(17-16-19-18-13(3)21-16)11-20(4)10-14-8-6-5-7-9-14/h5-9,12,15H,10-11H2,1-4H3,(H,17,19). The number of anilines is 1. The van der Waals surface area contributed by atoms with E-state index >= 15 is 0 Å². The summed E-state index contributed by atoms with van der Waals surface area (Å²) in [5.74, 6) is 0.535. The molecule has 5 heteroatoms. The van der Waals surface area contributed by atoms with Crippen LogP contribution in [0.5, 0.6) is 0 Å². The van der Waals surface area contributed by atoms with Crippen molar-refractivity contribution in [3.63, 3.8) is 0 Å². The third-order valence-corrected chi connectivity index (χ3v) is 4.21. The van der Waals surface area contributed by atoms with Gasteiger partial charge in [0.05, 0.1) is 0 Å². The van der Waals surface area contributed by atoms with Gasteiger partial charge >= 0.3 is 0 Å². The molecule has 0 spiro atoms. The Morgan fingerprint density at radius 1 is 1.19 bits per heavy atom. The number of benzene rings is 1. The van der Waals surface area contributed by atoms with Gasteiger partial charge in [0, 0.05) is 19.1 Å². The van der Waals surface area contributed by atoms with E-state index in [4.69, 9.17) is 0 Å². The van der Waals surface area contributed by atoms with Crippen LogP contribution in [0.15, 0.2) is 30.3 Å². The number of nitrogens with zero attached hydrogens (tertiary/aromatic N) is 3. The van der Waals surface area contributed by atoms with Crippen LogP contribution in [0, 0.1) is 12.8 Å². The minimum absolute atomic E-state index is 0.367. The summed E-state index contributed by atoms with van der Waals surface area (Å²) in [6.07, 6.45) is 0. The van der Waals surface area contributed by atoms with Gasteiger partial charge in [-0.2, -0.15) is 0 Å². The second-order valence-electron chi connectivity index (χ2n) is 5.80. The molecule has 21 heavy (non-hydrogen) atoms. The first-order valence-electron chi connectivity index (χ1n) is 7.33. The van der Waals surface area contributed by atoms with Gasteiger partial charge in [0.25, 0.3) is 0 Å². The molecule has 0 aliphatic rings. The van der Waals surface area contributed by atoms with E-state index in [0.29, 0.717) is 12.0 Å². The molecule has 0 bridgehead atoms. The van der Waals surface area contributed by atoms with Crippen molar-refractivity contribution in [2.45, 2.75) is 33.4 Å². The van der Waals surface area contributed by atoms with Crippen LogP contribution < -0.4 is 5.32 Å². The van der Waals surface area contributed by atoms with Gasteiger partial charge in [0.1, 0.15) is 5.01 Å². The van der Waals surface area contributed by atoms with E-state index < -0.39 is 0 Å². The number of hydrogen-bond acceptors (Lipinski definition) is 5. The largest absolute Gasteiger partial charge is 0.356 e. The minimum atomic E-state index is 0.367. The van der Waals surface area contributed by atoms with E-state index in [1.54, 1.807) is 11.3 Å². The molecule has 4 nitrogen and oxygen atoms in total. The van der Waals surface area contributed by atoms with Gasteiger partial charge in [0.15, 0.2) is 0 Å². The van der Waals surface area contributed by atoms with Crippen LogP contribution in [-0.4, -0.2) is 34.7 Å². The molecule has 1 N–H and O–H groups in total.